The van der Waals surface area contributed by atoms with Crippen molar-refractivity contribution in [3.8, 4) is 113 Å². The van der Waals surface area contributed by atoms with Crippen molar-refractivity contribution >= 4 is 110 Å². The number of furan rings is 3. The predicted octanol–water partition coefficient (Wildman–Crippen LogP) is 23.6. The number of rotatable bonds is 10. The number of benzene rings is 12. The summed E-state index contributed by atoms with van der Waals surface area (Å²) < 4.78 is 18.8. The van der Waals surface area contributed by atoms with Gasteiger partial charge >= 0.3 is 0 Å². The third-order valence-corrected chi connectivity index (χ3v) is 20.5. The van der Waals surface area contributed by atoms with Crippen LogP contribution in [-0.4, -0.2) is 69.8 Å². The van der Waals surface area contributed by atoms with Gasteiger partial charge in [0.05, 0.1) is 66.7 Å². The van der Waals surface area contributed by atoms with E-state index in [0.717, 1.165) is 188 Å². The van der Waals surface area contributed by atoms with E-state index >= 15 is 0 Å². The molecule has 11 heterocycles. The van der Waals surface area contributed by atoms with Gasteiger partial charge in [-0.25, -0.2) is 59.8 Å². The van der Waals surface area contributed by atoms with Gasteiger partial charge in [-0.3, -0.25) is 9.97 Å². The lowest BCUT2D eigenvalue weighted by molar-refractivity contribution is 0.655. The summed E-state index contributed by atoms with van der Waals surface area (Å²) in [5.41, 5.74) is 26.3. The summed E-state index contributed by atoms with van der Waals surface area (Å²) in [6, 6.07) is 104. The maximum Gasteiger partial charge on any atom is 0.246 e. The molecule has 0 aliphatic rings. The van der Waals surface area contributed by atoms with E-state index in [4.69, 9.17) is 53.1 Å². The van der Waals surface area contributed by atoms with Crippen LogP contribution in [0, 0.1) is 0 Å². The summed E-state index contributed by atoms with van der Waals surface area (Å²) >= 11 is 0. The fourth-order valence-corrected chi connectivity index (χ4v) is 15.0. The van der Waals surface area contributed by atoms with Crippen LogP contribution in [0.1, 0.15) is 0 Å². The number of hydrogen-bond donors (Lipinski definition) is 0. The molecule has 23 rings (SSSR count). The number of hydrogen-bond acceptors (Lipinski definition) is 17. The van der Waals surface area contributed by atoms with Crippen LogP contribution < -0.4 is 0 Å². The largest absolute Gasteiger partial charge is 0.455 e. The van der Waals surface area contributed by atoms with Crippen molar-refractivity contribution in [3.63, 3.8) is 0 Å². The smallest absolute Gasteiger partial charge is 0.246 e. The van der Waals surface area contributed by atoms with Gasteiger partial charge < -0.3 is 13.3 Å². The number of fused-ring (bicyclic) bond motifs is 15. The normalized spacial score (nSPS) is 11.5. The summed E-state index contributed by atoms with van der Waals surface area (Å²) in [4.78, 5) is 65.6. The van der Waals surface area contributed by atoms with Crippen molar-refractivity contribution < 1.29 is 13.3 Å². The van der Waals surface area contributed by atoms with Crippen LogP contribution in [-0.2, 0) is 0 Å². The Morgan fingerprint density at radius 1 is 0.235 bits per heavy atom. The highest BCUT2D eigenvalue weighted by atomic mass is 16.3. The molecule has 0 fully saturated rings. The Kier molecular flexibility index (Phi) is 16.7. The van der Waals surface area contributed by atoms with Gasteiger partial charge in [-0.2, -0.15) is 0 Å². The van der Waals surface area contributed by atoms with Crippen LogP contribution >= 0.6 is 0 Å². The van der Waals surface area contributed by atoms with Crippen molar-refractivity contribution in [2.24, 2.45) is 0 Å². The van der Waals surface area contributed by atoms with Crippen molar-refractivity contribution in [3.05, 3.63) is 353 Å². The Hall–Kier alpha value is -16.1. The molecule has 17 nitrogen and oxygen atoms in total. The Balaban J connectivity index is 0.000000108. The molecule has 0 aliphatic heterocycles. The Morgan fingerprint density at radius 3 is 1.41 bits per heavy atom. The second kappa shape index (κ2) is 28.7. The second-order valence-electron chi connectivity index (χ2n) is 27.6. The minimum Gasteiger partial charge on any atom is -0.455 e. The molecule has 538 valence electrons. The van der Waals surface area contributed by atoms with Crippen LogP contribution in [0.4, 0.5) is 0 Å². The average molecular weight is 1480 g/mol. The van der Waals surface area contributed by atoms with E-state index in [-0.39, 0.29) is 0 Å². The van der Waals surface area contributed by atoms with Gasteiger partial charge in [0.15, 0.2) is 23.1 Å². The Morgan fingerprint density at radius 2 is 0.739 bits per heavy atom. The van der Waals surface area contributed by atoms with E-state index in [1.165, 1.54) is 0 Å². The Labute approximate surface area is 654 Å². The molecule has 0 saturated heterocycles. The summed E-state index contributed by atoms with van der Waals surface area (Å²) in [5.74, 6) is 1.73. The Bertz CT molecular complexity index is 7550. The van der Waals surface area contributed by atoms with Crippen LogP contribution in [0.15, 0.2) is 366 Å². The van der Waals surface area contributed by atoms with Crippen LogP contribution in [0.25, 0.3) is 223 Å². The quantitative estimate of drug-likeness (QED) is 0.124. The molecule has 0 spiro atoms. The van der Waals surface area contributed by atoms with E-state index in [1.54, 1.807) is 37.4 Å². The topological polar surface area (TPSA) is 220 Å². The molecule has 0 unspecified atom stereocenters. The summed E-state index contributed by atoms with van der Waals surface area (Å²) in [6.07, 6.45) is 12.2. The molecule has 115 heavy (non-hydrogen) atoms. The molecule has 0 N–H and O–H groups in total. The van der Waals surface area contributed by atoms with E-state index in [9.17, 15) is 0 Å². The number of nitrogens with zero attached hydrogens (tertiary/aromatic N) is 14. The fraction of sp³-hybridized carbons (Fsp3) is 0. The third-order valence-electron chi connectivity index (χ3n) is 20.5. The summed E-state index contributed by atoms with van der Waals surface area (Å²) in [6.45, 7) is 0. The highest BCUT2D eigenvalue weighted by Gasteiger charge is 2.24. The molecule has 0 bridgehead atoms. The van der Waals surface area contributed by atoms with E-state index in [1.807, 2.05) is 212 Å². The van der Waals surface area contributed by atoms with Crippen LogP contribution in [0.5, 0.6) is 0 Å². The monoisotopic (exact) mass is 1480 g/mol. The number of aromatic nitrogens is 14. The van der Waals surface area contributed by atoms with Crippen molar-refractivity contribution in [2.45, 2.75) is 0 Å². The van der Waals surface area contributed by atoms with Gasteiger partial charge in [-0.05, 0) is 130 Å². The molecule has 0 aliphatic carbocycles. The van der Waals surface area contributed by atoms with Gasteiger partial charge in [0.25, 0.3) is 0 Å². The van der Waals surface area contributed by atoms with E-state index < -0.39 is 0 Å². The lowest BCUT2D eigenvalue weighted by Gasteiger charge is -2.11. The minimum atomic E-state index is 0.535. The van der Waals surface area contributed by atoms with Gasteiger partial charge in [0.1, 0.15) is 51.7 Å². The first-order valence-corrected chi connectivity index (χ1v) is 37.4. The zero-order chi connectivity index (χ0) is 76.1. The fourth-order valence-electron chi connectivity index (χ4n) is 15.0. The SMILES string of the molecule is c1cc(-c2cc(-c3ccncc3)nc(-c3ccncc3)c2)cc(-c2ccc3oc4nc5ccccc5nc4c3c2)c1.c1ccc(-c2nc(-c3ccccc3)nc(-c3cc4cncnc4c4c3oc3ccccc34)n2)cc1.c1ccc(-c2nc3ccccc3nc2-c2ccc(-c3ncnc4c3oc3ccc5ccccc5c34)cc2)cc1. The van der Waals surface area contributed by atoms with Crippen LogP contribution in [0.2, 0.25) is 0 Å². The number of para-hydroxylation sites is 5. The molecular formula is C98H58N14O3. The zero-order valence-electron chi connectivity index (χ0n) is 61.0. The lowest BCUT2D eigenvalue weighted by atomic mass is 9.96. The molecule has 0 radical (unpaired) electrons. The second-order valence-corrected chi connectivity index (χ2v) is 27.6. The first-order valence-electron chi connectivity index (χ1n) is 37.4. The average Bonchev–Trinajstić information content (AvgIpc) is 1.60. The first-order chi connectivity index (χ1) is 57.0. The van der Waals surface area contributed by atoms with Crippen molar-refractivity contribution in [1.29, 1.82) is 0 Å². The highest BCUT2D eigenvalue weighted by molar-refractivity contribution is 6.21. The summed E-state index contributed by atoms with van der Waals surface area (Å²) in [5, 5.41) is 7.06. The molecular weight excluding hydrogens is 1420 g/mol. The summed E-state index contributed by atoms with van der Waals surface area (Å²) in [7, 11) is 0. The zero-order valence-corrected chi connectivity index (χ0v) is 61.0. The van der Waals surface area contributed by atoms with Gasteiger partial charge in [-0.1, -0.05) is 212 Å². The molecule has 17 heteroatoms. The third kappa shape index (κ3) is 12.6. The van der Waals surface area contributed by atoms with Crippen molar-refractivity contribution in [2.75, 3.05) is 0 Å². The van der Waals surface area contributed by atoms with Gasteiger partial charge in [0.2, 0.25) is 5.71 Å². The highest BCUT2D eigenvalue weighted by Crippen LogP contribution is 2.43. The molecule has 0 saturated carbocycles. The van der Waals surface area contributed by atoms with E-state index in [0.29, 0.717) is 34.4 Å². The molecule has 23 aromatic rings. The first kappa shape index (κ1) is 67.0. The van der Waals surface area contributed by atoms with Crippen molar-refractivity contribution in [1.82, 2.24) is 69.8 Å². The predicted molar refractivity (Wildman–Crippen MR) is 455 cm³/mol. The molecule has 12 aromatic carbocycles. The molecule has 0 atom stereocenters. The molecule has 11 aromatic heterocycles. The maximum absolute atomic E-state index is 6.38. The molecule has 0 amide bonds. The maximum atomic E-state index is 6.38. The number of pyridine rings is 3. The van der Waals surface area contributed by atoms with Gasteiger partial charge in [-0.15, -0.1) is 0 Å². The van der Waals surface area contributed by atoms with Gasteiger partial charge in [0, 0.05) is 86.1 Å². The lowest BCUT2D eigenvalue weighted by Crippen LogP contribution is -2.00. The minimum absolute atomic E-state index is 0.535. The van der Waals surface area contributed by atoms with Crippen LogP contribution in [0.3, 0.4) is 0 Å². The standard InChI is InChI=1S/C35H21N5O.C34H20N4O.C29H17N5O/c1-2-7-30-29(6-1)39-34-28-19-26(8-9-33(28)41-35(34)40-30)24-4-3-5-25(18-24)27-20-31(22-10-14-36-15-11-22)38-32(21-27)23-12-16-37-17-13-23;1-2-9-22(10-3-1)30-31(38-27-13-7-6-12-26(27)37-30)23-14-16-24(17-15-23)32-34-33(36-20-35-32)29-25-11-5-4-8-21(25)18-19-28(29)39-34;1-3-9-18(10-4-1)27-32-28(19-11-5-2-6-12-19)34-29(33-27)22-15-20-16-30-17-31-25(20)24-21-13-7-8-14-23(21)35-26(22)24/h1-21H;1-20H;1-17H. The van der Waals surface area contributed by atoms with E-state index in [2.05, 4.69) is 133 Å².